The fourth-order valence-electron chi connectivity index (χ4n) is 3.13. The molecule has 0 aromatic heterocycles. The van der Waals surface area contributed by atoms with E-state index in [9.17, 15) is 9.59 Å². The summed E-state index contributed by atoms with van der Waals surface area (Å²) in [4.78, 5) is 30.1. The molecule has 0 bridgehead atoms. The lowest BCUT2D eigenvalue weighted by Crippen LogP contribution is -2.55. The molecule has 6 nitrogen and oxygen atoms in total. The van der Waals surface area contributed by atoms with Crippen LogP contribution in [-0.4, -0.2) is 66.0 Å². The first-order valence-electron chi connectivity index (χ1n) is 8.45. The molecule has 0 spiro atoms. The summed E-state index contributed by atoms with van der Waals surface area (Å²) in [6.45, 7) is 4.44. The summed E-state index contributed by atoms with van der Waals surface area (Å²) in [7, 11) is 0. The average molecular weight is 351 g/mol. The quantitative estimate of drug-likeness (QED) is 0.890. The lowest BCUT2D eigenvalue weighted by molar-refractivity contribution is 0.124. The van der Waals surface area contributed by atoms with Crippen molar-refractivity contribution in [1.82, 2.24) is 20.0 Å². The largest absolute Gasteiger partial charge is 0.334 e. The predicted octanol–water partition coefficient (Wildman–Crippen LogP) is 2.38. The first-order chi connectivity index (χ1) is 11.6. The summed E-state index contributed by atoms with van der Waals surface area (Å²) in [5.41, 5.74) is 0.898. The van der Waals surface area contributed by atoms with Gasteiger partial charge in [0, 0.05) is 50.8 Å². The molecular weight excluding hydrogens is 328 g/mol. The van der Waals surface area contributed by atoms with Crippen molar-refractivity contribution in [2.24, 2.45) is 0 Å². The summed E-state index contributed by atoms with van der Waals surface area (Å²) < 4.78 is 0. The number of likely N-dealkylation sites (tertiary alicyclic amines) is 1. The fourth-order valence-corrected chi connectivity index (χ4v) is 3.34. The van der Waals surface area contributed by atoms with E-state index >= 15 is 0 Å². The number of amides is 4. The standard InChI is InChI=1S/C17H23ClN4O2/c18-15-6-2-1-5-14(15)13-19-16(23)20-9-11-22(12-10-20)17(24)21-7-3-4-8-21/h1-2,5-6H,3-4,7-13H2,(H,19,23). The molecule has 24 heavy (non-hydrogen) atoms. The summed E-state index contributed by atoms with van der Waals surface area (Å²) >= 11 is 6.10. The molecule has 7 heteroatoms. The molecule has 2 fully saturated rings. The number of piperazine rings is 1. The summed E-state index contributed by atoms with van der Waals surface area (Å²) in [6, 6.07) is 7.48. The van der Waals surface area contributed by atoms with Gasteiger partial charge in [-0.05, 0) is 24.5 Å². The van der Waals surface area contributed by atoms with Crippen molar-refractivity contribution in [3.05, 3.63) is 34.9 Å². The van der Waals surface area contributed by atoms with Gasteiger partial charge in [0.2, 0.25) is 0 Å². The Morgan fingerprint density at radius 2 is 1.50 bits per heavy atom. The highest BCUT2D eigenvalue weighted by Crippen LogP contribution is 2.15. The Kier molecular flexibility index (Phi) is 5.45. The van der Waals surface area contributed by atoms with Gasteiger partial charge in [0.1, 0.15) is 0 Å². The second-order valence-corrected chi connectivity index (χ2v) is 6.61. The van der Waals surface area contributed by atoms with Gasteiger partial charge in [0.15, 0.2) is 0 Å². The van der Waals surface area contributed by atoms with Gasteiger partial charge >= 0.3 is 12.1 Å². The minimum Gasteiger partial charge on any atom is -0.334 e. The van der Waals surface area contributed by atoms with E-state index < -0.39 is 0 Å². The molecule has 3 rings (SSSR count). The van der Waals surface area contributed by atoms with E-state index in [0.717, 1.165) is 31.5 Å². The zero-order valence-corrected chi connectivity index (χ0v) is 14.5. The fraction of sp³-hybridized carbons (Fsp3) is 0.529. The Morgan fingerprint density at radius 3 is 2.17 bits per heavy atom. The SMILES string of the molecule is O=C(NCc1ccccc1Cl)N1CCN(C(=O)N2CCCC2)CC1. The van der Waals surface area contributed by atoms with E-state index in [1.807, 2.05) is 34.1 Å². The van der Waals surface area contributed by atoms with Gasteiger partial charge in [-0.15, -0.1) is 0 Å². The van der Waals surface area contributed by atoms with Gasteiger partial charge in [-0.1, -0.05) is 29.8 Å². The van der Waals surface area contributed by atoms with Crippen molar-refractivity contribution in [3.63, 3.8) is 0 Å². The van der Waals surface area contributed by atoms with Crippen molar-refractivity contribution < 1.29 is 9.59 Å². The van der Waals surface area contributed by atoms with Crippen LogP contribution in [0.5, 0.6) is 0 Å². The zero-order chi connectivity index (χ0) is 16.9. The van der Waals surface area contributed by atoms with Crippen LogP contribution in [0.25, 0.3) is 0 Å². The summed E-state index contributed by atoms with van der Waals surface area (Å²) in [5, 5.41) is 3.55. The Hall–Kier alpha value is -1.95. The molecule has 1 N–H and O–H groups in total. The maximum absolute atomic E-state index is 12.3. The summed E-state index contributed by atoms with van der Waals surface area (Å²) in [5.74, 6) is 0. The van der Waals surface area contributed by atoms with Crippen LogP contribution < -0.4 is 5.32 Å². The molecule has 0 radical (unpaired) electrons. The van der Waals surface area contributed by atoms with Gasteiger partial charge in [-0.3, -0.25) is 0 Å². The minimum absolute atomic E-state index is 0.108. The van der Waals surface area contributed by atoms with Crippen LogP contribution in [0.15, 0.2) is 24.3 Å². The van der Waals surface area contributed by atoms with Crippen molar-refractivity contribution in [3.8, 4) is 0 Å². The summed E-state index contributed by atoms with van der Waals surface area (Å²) in [6.07, 6.45) is 2.19. The van der Waals surface area contributed by atoms with Crippen molar-refractivity contribution >= 4 is 23.7 Å². The molecule has 0 saturated carbocycles. The van der Waals surface area contributed by atoms with Crippen molar-refractivity contribution in [2.45, 2.75) is 19.4 Å². The van der Waals surface area contributed by atoms with E-state index in [0.29, 0.717) is 37.7 Å². The number of carbonyl (C=O) groups is 2. The molecule has 0 atom stereocenters. The van der Waals surface area contributed by atoms with Crippen LogP contribution in [0.1, 0.15) is 18.4 Å². The van der Waals surface area contributed by atoms with Gasteiger partial charge in [-0.25, -0.2) is 9.59 Å². The molecule has 2 aliphatic rings. The highest BCUT2D eigenvalue weighted by Gasteiger charge is 2.28. The minimum atomic E-state index is -0.108. The first kappa shape index (κ1) is 16.9. The van der Waals surface area contributed by atoms with E-state index in [4.69, 9.17) is 11.6 Å². The Balaban J connectivity index is 1.45. The van der Waals surface area contributed by atoms with Crippen molar-refractivity contribution in [2.75, 3.05) is 39.3 Å². The third kappa shape index (κ3) is 3.93. The molecule has 2 saturated heterocycles. The molecule has 1 aromatic carbocycles. The van der Waals surface area contributed by atoms with E-state index in [-0.39, 0.29) is 12.1 Å². The van der Waals surface area contributed by atoms with Crippen LogP contribution >= 0.6 is 11.6 Å². The number of halogens is 1. The van der Waals surface area contributed by atoms with Gasteiger partial charge in [0.25, 0.3) is 0 Å². The lowest BCUT2D eigenvalue weighted by atomic mass is 10.2. The number of benzene rings is 1. The molecule has 0 unspecified atom stereocenters. The molecular formula is C17H23ClN4O2. The van der Waals surface area contributed by atoms with Crippen LogP contribution in [0, 0.1) is 0 Å². The number of nitrogens with zero attached hydrogens (tertiary/aromatic N) is 3. The topological polar surface area (TPSA) is 55.9 Å². The Morgan fingerprint density at radius 1 is 0.917 bits per heavy atom. The van der Waals surface area contributed by atoms with Crippen LogP contribution in [0.4, 0.5) is 9.59 Å². The number of hydrogen-bond donors (Lipinski definition) is 1. The molecule has 4 amide bonds. The molecule has 2 aliphatic heterocycles. The third-order valence-electron chi connectivity index (χ3n) is 4.60. The predicted molar refractivity (Wildman–Crippen MR) is 93.0 cm³/mol. The highest BCUT2D eigenvalue weighted by molar-refractivity contribution is 6.31. The van der Waals surface area contributed by atoms with Gasteiger partial charge in [-0.2, -0.15) is 0 Å². The molecule has 1 aromatic rings. The number of urea groups is 2. The Bertz CT molecular complexity index is 596. The van der Waals surface area contributed by atoms with E-state index in [2.05, 4.69) is 5.32 Å². The number of nitrogens with one attached hydrogen (secondary N) is 1. The van der Waals surface area contributed by atoms with Gasteiger partial charge < -0.3 is 20.0 Å². The van der Waals surface area contributed by atoms with Crippen LogP contribution in [0.3, 0.4) is 0 Å². The maximum Gasteiger partial charge on any atom is 0.320 e. The second kappa shape index (κ2) is 7.75. The normalized spacial score (nSPS) is 18.0. The monoisotopic (exact) mass is 350 g/mol. The Labute approximate surface area is 147 Å². The van der Waals surface area contributed by atoms with Crippen molar-refractivity contribution in [1.29, 1.82) is 0 Å². The zero-order valence-electron chi connectivity index (χ0n) is 13.7. The molecule has 0 aliphatic carbocycles. The number of hydrogen-bond acceptors (Lipinski definition) is 2. The smallest absolute Gasteiger partial charge is 0.320 e. The lowest BCUT2D eigenvalue weighted by Gasteiger charge is -2.36. The van der Waals surface area contributed by atoms with E-state index in [1.165, 1.54) is 0 Å². The molecule has 130 valence electrons. The van der Waals surface area contributed by atoms with Crippen LogP contribution in [-0.2, 0) is 6.54 Å². The third-order valence-corrected chi connectivity index (χ3v) is 4.97. The number of carbonyl (C=O) groups excluding carboxylic acids is 2. The average Bonchev–Trinajstić information content (AvgIpc) is 3.15. The van der Waals surface area contributed by atoms with Crippen LogP contribution in [0.2, 0.25) is 5.02 Å². The molecule has 2 heterocycles. The first-order valence-corrected chi connectivity index (χ1v) is 8.83. The van der Waals surface area contributed by atoms with E-state index in [1.54, 1.807) is 4.90 Å². The second-order valence-electron chi connectivity index (χ2n) is 6.20. The highest BCUT2D eigenvalue weighted by atomic mass is 35.5. The van der Waals surface area contributed by atoms with Gasteiger partial charge in [0.05, 0.1) is 0 Å². The number of rotatable bonds is 2. The maximum atomic E-state index is 12.3.